The number of nitrogens with one attached hydrogen (secondary N) is 1. The van der Waals surface area contributed by atoms with E-state index in [0.29, 0.717) is 38.2 Å². The van der Waals surface area contributed by atoms with Gasteiger partial charge in [-0.3, -0.25) is 9.59 Å². The lowest BCUT2D eigenvalue weighted by molar-refractivity contribution is -0.128. The average molecular weight is 384 g/mol. The summed E-state index contributed by atoms with van der Waals surface area (Å²) in [6.07, 6.45) is 0.451. The van der Waals surface area contributed by atoms with Gasteiger partial charge in [-0.25, -0.2) is 4.39 Å². The standard InChI is InChI=1S/C22H25FN2O3/c1-15-11-19(23)7-8-20(15)17-3-5-18(6-4-17)22(27)24-13-16-12-21(26)25(14-16)9-10-28-2/h3-8,11,16H,9-10,12-14H2,1-2H3,(H,24,27)/t16-/m1/s1. The molecule has 1 atom stereocenters. The van der Waals surface area contributed by atoms with Crippen molar-refractivity contribution < 1.29 is 18.7 Å². The van der Waals surface area contributed by atoms with Gasteiger partial charge in [-0.2, -0.15) is 0 Å². The molecular formula is C22H25FN2O3. The molecule has 0 saturated carbocycles. The van der Waals surface area contributed by atoms with Gasteiger partial charge in [-0.15, -0.1) is 0 Å². The lowest BCUT2D eigenvalue weighted by Gasteiger charge is -2.16. The summed E-state index contributed by atoms with van der Waals surface area (Å²) in [6, 6.07) is 11.9. The summed E-state index contributed by atoms with van der Waals surface area (Å²) in [6.45, 7) is 4.07. The van der Waals surface area contributed by atoms with Crippen molar-refractivity contribution >= 4 is 11.8 Å². The SMILES string of the molecule is COCCN1C[C@@H](CNC(=O)c2ccc(-c3ccc(F)cc3C)cc2)CC1=O. The second kappa shape index (κ2) is 8.97. The summed E-state index contributed by atoms with van der Waals surface area (Å²) in [4.78, 5) is 26.2. The van der Waals surface area contributed by atoms with E-state index in [1.54, 1.807) is 30.2 Å². The zero-order valence-corrected chi connectivity index (χ0v) is 16.2. The maximum Gasteiger partial charge on any atom is 0.251 e. The number of rotatable bonds is 7. The van der Waals surface area contributed by atoms with E-state index in [4.69, 9.17) is 4.74 Å². The fourth-order valence-corrected chi connectivity index (χ4v) is 3.50. The maximum absolute atomic E-state index is 13.3. The van der Waals surface area contributed by atoms with E-state index in [1.165, 1.54) is 12.1 Å². The number of carbonyl (C=O) groups excluding carboxylic acids is 2. The fourth-order valence-electron chi connectivity index (χ4n) is 3.50. The number of likely N-dealkylation sites (tertiary alicyclic amines) is 1. The van der Waals surface area contributed by atoms with Crippen LogP contribution < -0.4 is 5.32 Å². The van der Waals surface area contributed by atoms with Crippen molar-refractivity contribution in [3.8, 4) is 11.1 Å². The molecule has 1 aliphatic heterocycles. The highest BCUT2D eigenvalue weighted by atomic mass is 19.1. The van der Waals surface area contributed by atoms with Gasteiger partial charge < -0.3 is 15.0 Å². The van der Waals surface area contributed by atoms with Crippen LogP contribution in [0.4, 0.5) is 4.39 Å². The number of nitrogens with zero attached hydrogens (tertiary/aromatic N) is 1. The number of benzene rings is 2. The quantitative estimate of drug-likeness (QED) is 0.798. The van der Waals surface area contributed by atoms with Crippen molar-refractivity contribution in [2.45, 2.75) is 13.3 Å². The Morgan fingerprint density at radius 1 is 1.25 bits per heavy atom. The minimum Gasteiger partial charge on any atom is -0.383 e. The van der Waals surface area contributed by atoms with Gasteiger partial charge in [0, 0.05) is 44.6 Å². The number of methoxy groups -OCH3 is 1. The molecule has 1 heterocycles. The number of hydrogen-bond donors (Lipinski definition) is 1. The van der Waals surface area contributed by atoms with E-state index in [1.807, 2.05) is 19.1 Å². The zero-order valence-electron chi connectivity index (χ0n) is 16.2. The smallest absolute Gasteiger partial charge is 0.251 e. The van der Waals surface area contributed by atoms with Crippen LogP contribution in [0, 0.1) is 18.7 Å². The van der Waals surface area contributed by atoms with Crippen LogP contribution in [-0.4, -0.2) is 50.1 Å². The van der Waals surface area contributed by atoms with Crippen molar-refractivity contribution in [3.63, 3.8) is 0 Å². The van der Waals surface area contributed by atoms with Gasteiger partial charge in [-0.1, -0.05) is 18.2 Å². The minimum absolute atomic E-state index is 0.107. The van der Waals surface area contributed by atoms with Crippen LogP contribution in [0.25, 0.3) is 11.1 Å². The molecule has 1 aliphatic rings. The van der Waals surface area contributed by atoms with Crippen molar-refractivity contribution in [1.29, 1.82) is 0 Å². The largest absolute Gasteiger partial charge is 0.383 e. The molecule has 6 heteroatoms. The highest BCUT2D eigenvalue weighted by Crippen LogP contribution is 2.24. The lowest BCUT2D eigenvalue weighted by Crippen LogP contribution is -2.32. The molecule has 0 spiro atoms. The minimum atomic E-state index is -0.261. The Morgan fingerprint density at radius 2 is 2.00 bits per heavy atom. The Labute approximate surface area is 164 Å². The molecule has 2 aromatic carbocycles. The monoisotopic (exact) mass is 384 g/mol. The van der Waals surface area contributed by atoms with Crippen LogP contribution in [-0.2, 0) is 9.53 Å². The number of ether oxygens (including phenoxy) is 1. The molecule has 0 aliphatic carbocycles. The third-order valence-electron chi connectivity index (χ3n) is 5.06. The maximum atomic E-state index is 13.3. The highest BCUT2D eigenvalue weighted by Gasteiger charge is 2.29. The number of carbonyl (C=O) groups is 2. The summed E-state index contributed by atoms with van der Waals surface area (Å²) >= 11 is 0. The molecule has 2 amide bonds. The Morgan fingerprint density at radius 3 is 2.68 bits per heavy atom. The van der Waals surface area contributed by atoms with E-state index >= 15 is 0 Å². The summed E-state index contributed by atoms with van der Waals surface area (Å²) in [7, 11) is 1.61. The Hall–Kier alpha value is -2.73. The van der Waals surface area contributed by atoms with Gasteiger partial charge >= 0.3 is 0 Å². The number of hydrogen-bond acceptors (Lipinski definition) is 3. The van der Waals surface area contributed by atoms with Crippen molar-refractivity contribution in [3.05, 3.63) is 59.4 Å². The molecule has 2 aromatic rings. The predicted molar refractivity (Wildman–Crippen MR) is 105 cm³/mol. The van der Waals surface area contributed by atoms with E-state index in [9.17, 15) is 14.0 Å². The first-order valence-corrected chi connectivity index (χ1v) is 9.39. The summed E-state index contributed by atoms with van der Waals surface area (Å²) < 4.78 is 18.3. The number of amides is 2. The van der Waals surface area contributed by atoms with Gasteiger partial charge in [0.25, 0.3) is 5.91 Å². The third kappa shape index (κ3) is 4.75. The number of halogens is 1. The lowest BCUT2D eigenvalue weighted by atomic mass is 9.99. The molecule has 28 heavy (non-hydrogen) atoms. The van der Waals surface area contributed by atoms with Crippen LogP contribution >= 0.6 is 0 Å². The van der Waals surface area contributed by atoms with Gasteiger partial charge in [-0.05, 0) is 47.9 Å². The first-order chi connectivity index (χ1) is 13.5. The molecule has 0 bridgehead atoms. The second-order valence-electron chi connectivity index (χ2n) is 7.15. The van der Waals surface area contributed by atoms with Crippen LogP contribution in [0.1, 0.15) is 22.3 Å². The molecule has 3 rings (SSSR count). The zero-order chi connectivity index (χ0) is 20.1. The van der Waals surface area contributed by atoms with E-state index < -0.39 is 0 Å². The Kier molecular flexibility index (Phi) is 6.41. The predicted octanol–water partition coefficient (Wildman–Crippen LogP) is 3.03. The van der Waals surface area contributed by atoms with Gasteiger partial charge in [0.15, 0.2) is 0 Å². The van der Waals surface area contributed by atoms with Crippen molar-refractivity contribution in [2.24, 2.45) is 5.92 Å². The van der Waals surface area contributed by atoms with Crippen molar-refractivity contribution in [1.82, 2.24) is 10.2 Å². The Bertz CT molecular complexity index is 851. The highest BCUT2D eigenvalue weighted by molar-refractivity contribution is 5.94. The third-order valence-corrected chi connectivity index (χ3v) is 5.06. The van der Waals surface area contributed by atoms with E-state index in [0.717, 1.165) is 16.7 Å². The van der Waals surface area contributed by atoms with Crippen LogP contribution in [0.15, 0.2) is 42.5 Å². The molecule has 1 saturated heterocycles. The second-order valence-corrected chi connectivity index (χ2v) is 7.15. The van der Waals surface area contributed by atoms with Crippen LogP contribution in [0.5, 0.6) is 0 Å². The first kappa shape index (κ1) is 20.0. The molecule has 0 radical (unpaired) electrons. The first-order valence-electron chi connectivity index (χ1n) is 9.39. The summed E-state index contributed by atoms with van der Waals surface area (Å²) in [5.74, 6) is -0.196. The molecule has 1 fully saturated rings. The van der Waals surface area contributed by atoms with Gasteiger partial charge in [0.05, 0.1) is 6.61 Å². The molecule has 5 nitrogen and oxygen atoms in total. The summed E-state index contributed by atoms with van der Waals surface area (Å²) in [5, 5.41) is 2.92. The van der Waals surface area contributed by atoms with Gasteiger partial charge in [0.1, 0.15) is 5.82 Å². The van der Waals surface area contributed by atoms with E-state index in [2.05, 4.69) is 5.32 Å². The summed E-state index contributed by atoms with van der Waals surface area (Å²) in [5.41, 5.74) is 3.28. The average Bonchev–Trinajstić information content (AvgIpc) is 3.04. The molecule has 0 unspecified atom stereocenters. The fraction of sp³-hybridized carbons (Fsp3) is 0.364. The van der Waals surface area contributed by atoms with Crippen molar-refractivity contribution in [2.75, 3.05) is 33.4 Å². The Balaban J connectivity index is 1.56. The molecule has 1 N–H and O–H groups in total. The topological polar surface area (TPSA) is 58.6 Å². The normalized spacial score (nSPS) is 16.5. The van der Waals surface area contributed by atoms with Gasteiger partial charge in [0.2, 0.25) is 5.91 Å². The molecule has 148 valence electrons. The number of aryl methyl sites for hydroxylation is 1. The van der Waals surface area contributed by atoms with Crippen LogP contribution in [0.2, 0.25) is 0 Å². The molecular weight excluding hydrogens is 359 g/mol. The van der Waals surface area contributed by atoms with E-state index in [-0.39, 0.29) is 23.5 Å². The molecule has 0 aromatic heterocycles. The van der Waals surface area contributed by atoms with Crippen LogP contribution in [0.3, 0.4) is 0 Å².